The van der Waals surface area contributed by atoms with E-state index in [1.165, 1.54) is 0 Å². The van der Waals surface area contributed by atoms with E-state index in [2.05, 4.69) is 23.3 Å². The zero-order valence-corrected chi connectivity index (χ0v) is 15.7. The Balaban J connectivity index is 1.28. The van der Waals surface area contributed by atoms with Gasteiger partial charge in [-0.15, -0.1) is 0 Å². The fourth-order valence-electron chi connectivity index (χ4n) is 3.03. The van der Waals surface area contributed by atoms with Crippen LogP contribution in [0.15, 0.2) is 54.6 Å². The molecule has 6 nitrogen and oxygen atoms in total. The third-order valence-corrected chi connectivity index (χ3v) is 4.86. The molecule has 2 aromatic carbocycles. The van der Waals surface area contributed by atoms with Gasteiger partial charge in [-0.25, -0.2) is 0 Å². The second-order valence-corrected chi connectivity index (χ2v) is 7.12. The molecular weight excluding hydrogens is 356 g/mol. The van der Waals surface area contributed by atoms with Crippen LogP contribution in [-0.4, -0.2) is 48.4 Å². The van der Waals surface area contributed by atoms with Gasteiger partial charge in [0.25, 0.3) is 0 Å². The molecule has 2 atom stereocenters. The van der Waals surface area contributed by atoms with Crippen LogP contribution >= 0.6 is 0 Å². The minimum Gasteiger partial charge on any atom is -0.491 e. The number of epoxide rings is 2. The molecule has 0 N–H and O–H groups in total. The Morgan fingerprint density at radius 3 is 1.86 bits per heavy atom. The first kappa shape index (κ1) is 17.3. The first-order chi connectivity index (χ1) is 13.7. The number of nitrogens with zero attached hydrogens (tertiary/aromatic N) is 2. The van der Waals surface area contributed by atoms with E-state index in [4.69, 9.17) is 18.9 Å². The number of aromatic nitrogens is 2. The summed E-state index contributed by atoms with van der Waals surface area (Å²) in [5.74, 6) is 1.71. The maximum absolute atomic E-state index is 5.71. The highest BCUT2D eigenvalue weighted by molar-refractivity contribution is 5.69. The van der Waals surface area contributed by atoms with Gasteiger partial charge in [-0.3, -0.25) is 4.68 Å². The largest absolute Gasteiger partial charge is 0.491 e. The number of hydrogen-bond acceptors (Lipinski definition) is 5. The molecule has 0 bridgehead atoms. The van der Waals surface area contributed by atoms with Crippen LogP contribution in [0.4, 0.5) is 0 Å². The quantitative estimate of drug-likeness (QED) is 0.563. The Hall–Kier alpha value is -2.83. The molecule has 0 saturated carbocycles. The van der Waals surface area contributed by atoms with Gasteiger partial charge >= 0.3 is 0 Å². The number of benzene rings is 2. The van der Waals surface area contributed by atoms with Crippen LogP contribution in [0, 0.1) is 0 Å². The highest BCUT2D eigenvalue weighted by atomic mass is 16.6. The van der Waals surface area contributed by atoms with Crippen molar-refractivity contribution in [1.82, 2.24) is 9.78 Å². The van der Waals surface area contributed by atoms with Crippen LogP contribution in [0.1, 0.15) is 0 Å². The zero-order valence-electron chi connectivity index (χ0n) is 15.7. The number of aryl methyl sites for hydroxylation is 1. The lowest BCUT2D eigenvalue weighted by molar-refractivity contribution is 0.263. The molecule has 144 valence electrons. The van der Waals surface area contributed by atoms with Crippen molar-refractivity contribution in [2.75, 3.05) is 26.4 Å². The molecule has 0 amide bonds. The van der Waals surface area contributed by atoms with Crippen molar-refractivity contribution >= 4 is 0 Å². The Morgan fingerprint density at radius 2 is 1.36 bits per heavy atom. The fourth-order valence-corrected chi connectivity index (χ4v) is 3.03. The van der Waals surface area contributed by atoms with E-state index >= 15 is 0 Å². The van der Waals surface area contributed by atoms with Gasteiger partial charge in [0.2, 0.25) is 0 Å². The molecule has 5 rings (SSSR count). The summed E-state index contributed by atoms with van der Waals surface area (Å²) in [5, 5.41) is 4.67. The molecule has 2 fully saturated rings. The van der Waals surface area contributed by atoms with E-state index in [0.717, 1.165) is 47.2 Å². The molecule has 0 radical (unpaired) electrons. The summed E-state index contributed by atoms with van der Waals surface area (Å²) < 4.78 is 23.6. The van der Waals surface area contributed by atoms with Crippen LogP contribution in [0.25, 0.3) is 22.5 Å². The summed E-state index contributed by atoms with van der Waals surface area (Å²) in [6.07, 6.45) is 0.523. The second-order valence-electron chi connectivity index (χ2n) is 7.12. The van der Waals surface area contributed by atoms with Gasteiger partial charge < -0.3 is 18.9 Å². The van der Waals surface area contributed by atoms with E-state index < -0.39 is 0 Å². The normalized spacial score (nSPS) is 20.0. The Bertz CT molecular complexity index is 942. The minimum absolute atomic E-state index is 0.261. The Kier molecular flexibility index (Phi) is 4.50. The maximum Gasteiger partial charge on any atom is 0.119 e. The Morgan fingerprint density at radius 1 is 0.857 bits per heavy atom. The SMILES string of the molecule is Cn1nc(-c2ccc(OCC3CO3)cc2)cc1-c1ccc(OCC2CO2)cc1. The number of rotatable bonds is 8. The molecule has 3 heterocycles. The van der Waals surface area contributed by atoms with Crippen LogP contribution < -0.4 is 9.47 Å². The Labute approximate surface area is 163 Å². The van der Waals surface area contributed by atoms with Crippen molar-refractivity contribution in [2.24, 2.45) is 7.05 Å². The smallest absolute Gasteiger partial charge is 0.119 e. The van der Waals surface area contributed by atoms with Crippen LogP contribution in [-0.2, 0) is 16.5 Å². The van der Waals surface area contributed by atoms with Crippen molar-refractivity contribution in [3.05, 3.63) is 54.6 Å². The van der Waals surface area contributed by atoms with Gasteiger partial charge in [0.1, 0.15) is 36.9 Å². The van der Waals surface area contributed by atoms with Crippen molar-refractivity contribution in [3.8, 4) is 34.0 Å². The molecule has 6 heteroatoms. The molecule has 1 aromatic heterocycles. The van der Waals surface area contributed by atoms with Gasteiger partial charge in [-0.1, -0.05) is 0 Å². The molecule has 2 aliphatic heterocycles. The lowest BCUT2D eigenvalue weighted by atomic mass is 10.1. The summed E-state index contributed by atoms with van der Waals surface area (Å²) in [6, 6.07) is 18.2. The third-order valence-electron chi connectivity index (χ3n) is 4.86. The van der Waals surface area contributed by atoms with Crippen LogP contribution in [0.3, 0.4) is 0 Å². The summed E-state index contributed by atoms with van der Waals surface area (Å²) in [4.78, 5) is 0. The molecular formula is C22H22N2O4. The predicted molar refractivity (Wildman–Crippen MR) is 105 cm³/mol. The van der Waals surface area contributed by atoms with E-state index in [1.54, 1.807) is 0 Å². The second kappa shape index (κ2) is 7.30. The third kappa shape index (κ3) is 4.03. The monoisotopic (exact) mass is 378 g/mol. The van der Waals surface area contributed by atoms with E-state index in [1.807, 2.05) is 48.1 Å². The van der Waals surface area contributed by atoms with Gasteiger partial charge in [0.05, 0.1) is 24.6 Å². The molecule has 2 unspecified atom stereocenters. The molecule has 3 aromatic rings. The minimum atomic E-state index is 0.261. The van der Waals surface area contributed by atoms with Crippen LogP contribution in [0.2, 0.25) is 0 Å². The zero-order chi connectivity index (χ0) is 18.9. The average Bonchev–Trinajstić information content (AvgIpc) is 3.65. The summed E-state index contributed by atoms with van der Waals surface area (Å²) in [7, 11) is 1.96. The van der Waals surface area contributed by atoms with Gasteiger partial charge in [0.15, 0.2) is 0 Å². The molecule has 0 spiro atoms. The van der Waals surface area contributed by atoms with Gasteiger partial charge in [-0.05, 0) is 54.6 Å². The molecule has 28 heavy (non-hydrogen) atoms. The predicted octanol–water partition coefficient (Wildman–Crippen LogP) is 3.31. The van der Waals surface area contributed by atoms with E-state index in [0.29, 0.717) is 13.2 Å². The van der Waals surface area contributed by atoms with Gasteiger partial charge in [-0.2, -0.15) is 5.10 Å². The fraction of sp³-hybridized carbons (Fsp3) is 0.318. The molecule has 2 saturated heterocycles. The highest BCUT2D eigenvalue weighted by Gasteiger charge is 2.23. The van der Waals surface area contributed by atoms with E-state index in [-0.39, 0.29) is 12.2 Å². The van der Waals surface area contributed by atoms with Crippen LogP contribution in [0.5, 0.6) is 11.5 Å². The van der Waals surface area contributed by atoms with Crippen molar-refractivity contribution in [1.29, 1.82) is 0 Å². The number of ether oxygens (including phenoxy) is 4. The summed E-state index contributed by atoms with van der Waals surface area (Å²) >= 11 is 0. The maximum atomic E-state index is 5.71. The lowest BCUT2D eigenvalue weighted by Gasteiger charge is -2.06. The van der Waals surface area contributed by atoms with Crippen molar-refractivity contribution < 1.29 is 18.9 Å². The first-order valence-electron chi connectivity index (χ1n) is 9.48. The highest BCUT2D eigenvalue weighted by Crippen LogP contribution is 2.28. The van der Waals surface area contributed by atoms with E-state index in [9.17, 15) is 0 Å². The number of hydrogen-bond donors (Lipinski definition) is 0. The molecule has 0 aliphatic carbocycles. The summed E-state index contributed by atoms with van der Waals surface area (Å²) in [6.45, 7) is 2.83. The van der Waals surface area contributed by atoms with Crippen molar-refractivity contribution in [3.63, 3.8) is 0 Å². The van der Waals surface area contributed by atoms with Crippen molar-refractivity contribution in [2.45, 2.75) is 12.2 Å². The first-order valence-corrected chi connectivity index (χ1v) is 9.48. The average molecular weight is 378 g/mol. The standard InChI is InChI=1S/C22H22N2O4/c1-24-22(16-4-8-18(9-5-16)26-12-20-14-28-20)10-21(23-24)15-2-6-17(7-3-15)25-11-19-13-27-19/h2-10,19-20H,11-14H2,1H3. The van der Waals surface area contributed by atoms with Gasteiger partial charge in [0, 0.05) is 18.2 Å². The summed E-state index contributed by atoms with van der Waals surface area (Å²) in [5.41, 5.74) is 4.14. The molecule has 2 aliphatic rings. The topological polar surface area (TPSA) is 61.3 Å². The lowest BCUT2D eigenvalue weighted by Crippen LogP contribution is -2.03.